The fourth-order valence-electron chi connectivity index (χ4n) is 0.287. The lowest BCUT2D eigenvalue weighted by Crippen LogP contribution is -2.32. The molecule has 1 unspecified atom stereocenters. The summed E-state index contributed by atoms with van der Waals surface area (Å²) >= 11 is 0. The van der Waals surface area contributed by atoms with Crippen molar-refractivity contribution in [3.05, 3.63) is 0 Å². The van der Waals surface area contributed by atoms with Crippen LogP contribution in [0.3, 0.4) is 0 Å². The molecule has 0 aromatic rings. The number of carbonyl (C=O) groups excluding carboxylic acids is 1. The Morgan fingerprint density at radius 2 is 2.11 bits per heavy atom. The van der Waals surface area contributed by atoms with Crippen molar-refractivity contribution in [2.75, 3.05) is 0 Å². The molecule has 9 heavy (non-hydrogen) atoms. The predicted molar refractivity (Wildman–Crippen MR) is 28.3 cm³/mol. The van der Waals surface area contributed by atoms with Gasteiger partial charge in [0.15, 0.2) is 0 Å². The molecular formula is C4H7N2O3. The van der Waals surface area contributed by atoms with Crippen LogP contribution in [0.5, 0.6) is 0 Å². The summed E-state index contributed by atoms with van der Waals surface area (Å²) in [5.74, 6) is -2.21. The number of aliphatic carboxylic acids is 1. The molecule has 0 aliphatic carbocycles. The van der Waals surface area contributed by atoms with Gasteiger partial charge in [-0.3, -0.25) is 15.3 Å². The van der Waals surface area contributed by atoms with Gasteiger partial charge in [0.2, 0.25) is 5.91 Å². The molecule has 1 atom stereocenters. The second-order valence-corrected chi connectivity index (χ2v) is 1.57. The second-order valence-electron chi connectivity index (χ2n) is 1.57. The Labute approximate surface area is 51.6 Å². The number of nitrogens with one attached hydrogen (secondary N) is 1. The summed E-state index contributed by atoms with van der Waals surface area (Å²) in [6, 6.07) is -1.23. The minimum absolute atomic E-state index is 0.421. The summed E-state index contributed by atoms with van der Waals surface area (Å²) in [5.41, 5.74) is 11.2. The molecule has 0 heterocycles. The minimum atomic E-state index is -1.25. The SMILES string of the molecule is [NH]C(=O)CC(N)C(=O)O. The Morgan fingerprint density at radius 3 is 2.22 bits per heavy atom. The molecule has 0 aliphatic heterocycles. The Bertz CT molecular complexity index is 134. The molecule has 0 aliphatic rings. The summed E-state index contributed by atoms with van der Waals surface area (Å²) < 4.78 is 0. The van der Waals surface area contributed by atoms with Gasteiger partial charge in [-0.05, 0) is 0 Å². The first-order valence-electron chi connectivity index (χ1n) is 2.27. The predicted octanol–water partition coefficient (Wildman–Crippen LogP) is -1.40. The fraction of sp³-hybridized carbons (Fsp3) is 0.500. The molecule has 4 N–H and O–H groups in total. The minimum Gasteiger partial charge on any atom is -0.480 e. The lowest BCUT2D eigenvalue weighted by Gasteiger charge is -1.99. The van der Waals surface area contributed by atoms with E-state index in [1.54, 1.807) is 0 Å². The van der Waals surface area contributed by atoms with Crippen molar-refractivity contribution < 1.29 is 14.7 Å². The van der Waals surface area contributed by atoms with Gasteiger partial charge >= 0.3 is 5.97 Å². The van der Waals surface area contributed by atoms with Crippen LogP contribution in [0.1, 0.15) is 6.42 Å². The van der Waals surface area contributed by atoms with Crippen LogP contribution in [0, 0.1) is 0 Å². The van der Waals surface area contributed by atoms with E-state index in [9.17, 15) is 9.59 Å². The van der Waals surface area contributed by atoms with E-state index in [-0.39, 0.29) is 0 Å². The zero-order chi connectivity index (χ0) is 7.44. The van der Waals surface area contributed by atoms with Crippen molar-refractivity contribution in [1.82, 2.24) is 5.73 Å². The van der Waals surface area contributed by atoms with E-state index in [1.807, 2.05) is 0 Å². The summed E-state index contributed by atoms with van der Waals surface area (Å²) in [7, 11) is 0. The number of hydrogen-bond donors (Lipinski definition) is 2. The van der Waals surface area contributed by atoms with Crippen LogP contribution in [0.15, 0.2) is 0 Å². The molecule has 0 spiro atoms. The van der Waals surface area contributed by atoms with Gasteiger partial charge in [0.1, 0.15) is 6.04 Å². The molecule has 0 aromatic heterocycles. The van der Waals surface area contributed by atoms with Crippen LogP contribution in [-0.4, -0.2) is 23.0 Å². The molecule has 1 amide bonds. The molecule has 0 saturated heterocycles. The summed E-state index contributed by atoms with van der Waals surface area (Å²) in [4.78, 5) is 19.8. The van der Waals surface area contributed by atoms with E-state index >= 15 is 0 Å². The Kier molecular flexibility index (Phi) is 2.66. The first kappa shape index (κ1) is 7.90. The van der Waals surface area contributed by atoms with Gasteiger partial charge in [-0.2, -0.15) is 0 Å². The van der Waals surface area contributed by atoms with Gasteiger partial charge in [-0.25, -0.2) is 0 Å². The molecule has 1 radical (unpaired) electrons. The number of hydrogen-bond acceptors (Lipinski definition) is 3. The zero-order valence-electron chi connectivity index (χ0n) is 4.63. The van der Waals surface area contributed by atoms with E-state index in [0.29, 0.717) is 0 Å². The van der Waals surface area contributed by atoms with Crippen LogP contribution < -0.4 is 11.5 Å². The van der Waals surface area contributed by atoms with Crippen LogP contribution in [0.25, 0.3) is 0 Å². The van der Waals surface area contributed by atoms with Crippen molar-refractivity contribution in [2.45, 2.75) is 12.5 Å². The average Bonchev–Trinajstić information content (AvgIpc) is 1.63. The number of carbonyl (C=O) groups is 2. The highest BCUT2D eigenvalue weighted by Crippen LogP contribution is 1.85. The maximum atomic E-state index is 9.88. The van der Waals surface area contributed by atoms with Gasteiger partial charge in [0, 0.05) is 0 Å². The third kappa shape index (κ3) is 3.48. The Hall–Kier alpha value is -1.10. The third-order valence-electron chi connectivity index (χ3n) is 0.723. The molecule has 0 rings (SSSR count). The van der Waals surface area contributed by atoms with E-state index in [4.69, 9.17) is 16.6 Å². The highest BCUT2D eigenvalue weighted by molar-refractivity contribution is 5.82. The molecule has 0 aromatic carbocycles. The van der Waals surface area contributed by atoms with Gasteiger partial charge in [-0.1, -0.05) is 0 Å². The van der Waals surface area contributed by atoms with Gasteiger partial charge in [0.25, 0.3) is 0 Å². The fourth-order valence-corrected chi connectivity index (χ4v) is 0.287. The van der Waals surface area contributed by atoms with E-state index < -0.39 is 24.3 Å². The quantitative estimate of drug-likeness (QED) is 0.491. The van der Waals surface area contributed by atoms with Crippen LogP contribution in [0.2, 0.25) is 0 Å². The van der Waals surface area contributed by atoms with E-state index in [2.05, 4.69) is 0 Å². The maximum Gasteiger partial charge on any atom is 0.321 e. The molecule has 0 bridgehead atoms. The first-order chi connectivity index (χ1) is 4.04. The average molecular weight is 131 g/mol. The zero-order valence-corrected chi connectivity index (χ0v) is 4.63. The van der Waals surface area contributed by atoms with Crippen molar-refractivity contribution in [1.29, 1.82) is 0 Å². The molecule has 5 heteroatoms. The third-order valence-corrected chi connectivity index (χ3v) is 0.723. The van der Waals surface area contributed by atoms with Crippen LogP contribution in [0.4, 0.5) is 0 Å². The normalized spacial score (nSPS) is 12.6. The van der Waals surface area contributed by atoms with Gasteiger partial charge in [-0.15, -0.1) is 0 Å². The highest BCUT2D eigenvalue weighted by atomic mass is 16.4. The van der Waals surface area contributed by atoms with Gasteiger partial charge < -0.3 is 10.8 Å². The number of carboxylic acid groups (broad SMARTS) is 1. The number of nitrogens with two attached hydrogens (primary N) is 1. The molecule has 5 nitrogen and oxygen atoms in total. The Morgan fingerprint density at radius 1 is 1.67 bits per heavy atom. The summed E-state index contributed by atoms with van der Waals surface area (Å²) in [6.45, 7) is 0. The lowest BCUT2D eigenvalue weighted by molar-refractivity contribution is -0.140. The number of rotatable bonds is 3. The smallest absolute Gasteiger partial charge is 0.321 e. The second kappa shape index (κ2) is 3.03. The molecule has 0 fully saturated rings. The largest absolute Gasteiger partial charge is 0.480 e. The van der Waals surface area contributed by atoms with Crippen LogP contribution in [-0.2, 0) is 9.59 Å². The van der Waals surface area contributed by atoms with Crippen molar-refractivity contribution in [3.8, 4) is 0 Å². The monoisotopic (exact) mass is 131 g/mol. The van der Waals surface area contributed by atoms with E-state index in [0.717, 1.165) is 0 Å². The van der Waals surface area contributed by atoms with E-state index in [1.165, 1.54) is 0 Å². The number of amides is 1. The lowest BCUT2D eigenvalue weighted by atomic mass is 10.2. The summed E-state index contributed by atoms with van der Waals surface area (Å²) in [5, 5.41) is 8.07. The van der Waals surface area contributed by atoms with Crippen LogP contribution >= 0.6 is 0 Å². The highest BCUT2D eigenvalue weighted by Gasteiger charge is 2.13. The number of carboxylic acids is 1. The van der Waals surface area contributed by atoms with Crippen molar-refractivity contribution >= 4 is 11.9 Å². The molecule has 0 saturated carbocycles. The summed E-state index contributed by atoms with van der Waals surface area (Å²) in [6.07, 6.45) is -0.421. The Balaban J connectivity index is 3.63. The van der Waals surface area contributed by atoms with Gasteiger partial charge in [0.05, 0.1) is 6.42 Å². The maximum absolute atomic E-state index is 9.88. The topological polar surface area (TPSA) is 104 Å². The standard InChI is InChI=1S/C4H7N2O3/c5-2(4(8)9)1-3(6)7/h2,6H,1,5H2,(H,8,9). The molecule has 51 valence electrons. The van der Waals surface area contributed by atoms with Crippen molar-refractivity contribution in [3.63, 3.8) is 0 Å². The van der Waals surface area contributed by atoms with Crippen molar-refractivity contribution in [2.24, 2.45) is 5.73 Å². The first-order valence-corrected chi connectivity index (χ1v) is 2.27. The molecular weight excluding hydrogens is 124 g/mol.